The van der Waals surface area contributed by atoms with Gasteiger partial charge in [0.1, 0.15) is 23.9 Å². The summed E-state index contributed by atoms with van der Waals surface area (Å²) in [6.45, 7) is 2.30. The number of halogens is 2. The fraction of sp³-hybridized carbons (Fsp3) is 0.235. The van der Waals surface area contributed by atoms with Crippen LogP contribution in [0.15, 0.2) is 48.5 Å². The minimum atomic E-state index is -0.684. The minimum absolute atomic E-state index is 0.269. The number of carbonyl (C=O) groups excluding carboxylic acids is 1. The molecule has 1 unspecified atom stereocenters. The van der Waals surface area contributed by atoms with Gasteiger partial charge in [-0.25, -0.2) is 4.39 Å². The molecule has 0 heterocycles. The van der Waals surface area contributed by atoms with E-state index in [-0.39, 0.29) is 11.7 Å². The van der Waals surface area contributed by atoms with Gasteiger partial charge in [-0.2, -0.15) is 0 Å². The zero-order valence-corrected chi connectivity index (χ0v) is 13.3. The SMILES string of the molecule is CC(Oc1ccc(F)cc1)C(=O)NCCOc1ccc(Cl)cc1. The number of hydrogen-bond acceptors (Lipinski definition) is 3. The van der Waals surface area contributed by atoms with Crippen molar-refractivity contribution in [1.82, 2.24) is 5.32 Å². The van der Waals surface area contributed by atoms with E-state index in [0.29, 0.717) is 29.7 Å². The lowest BCUT2D eigenvalue weighted by molar-refractivity contribution is -0.127. The van der Waals surface area contributed by atoms with Crippen molar-refractivity contribution < 1.29 is 18.7 Å². The van der Waals surface area contributed by atoms with Gasteiger partial charge in [0.25, 0.3) is 5.91 Å². The fourth-order valence-electron chi connectivity index (χ4n) is 1.79. The first-order chi connectivity index (χ1) is 11.0. The van der Waals surface area contributed by atoms with Crippen LogP contribution in [0.25, 0.3) is 0 Å². The van der Waals surface area contributed by atoms with E-state index in [4.69, 9.17) is 21.1 Å². The van der Waals surface area contributed by atoms with Gasteiger partial charge in [-0.05, 0) is 55.5 Å². The van der Waals surface area contributed by atoms with Crippen LogP contribution in [0.3, 0.4) is 0 Å². The Labute approximate surface area is 139 Å². The first-order valence-electron chi connectivity index (χ1n) is 7.13. The molecule has 2 aromatic rings. The molecule has 122 valence electrons. The first-order valence-corrected chi connectivity index (χ1v) is 7.50. The van der Waals surface area contributed by atoms with Crippen molar-refractivity contribution in [3.8, 4) is 11.5 Å². The summed E-state index contributed by atoms with van der Waals surface area (Å²) < 4.78 is 23.7. The van der Waals surface area contributed by atoms with E-state index in [2.05, 4.69) is 5.32 Å². The molecule has 4 nitrogen and oxygen atoms in total. The summed E-state index contributed by atoms with van der Waals surface area (Å²) in [5.41, 5.74) is 0. The van der Waals surface area contributed by atoms with Crippen LogP contribution in [0, 0.1) is 5.82 Å². The molecule has 2 aromatic carbocycles. The molecule has 0 saturated heterocycles. The maximum absolute atomic E-state index is 12.8. The lowest BCUT2D eigenvalue weighted by Crippen LogP contribution is -2.38. The van der Waals surface area contributed by atoms with Gasteiger partial charge in [-0.3, -0.25) is 4.79 Å². The highest BCUT2D eigenvalue weighted by atomic mass is 35.5. The number of benzene rings is 2. The van der Waals surface area contributed by atoms with Crippen LogP contribution in [0.5, 0.6) is 11.5 Å². The van der Waals surface area contributed by atoms with Gasteiger partial charge in [0.2, 0.25) is 0 Å². The van der Waals surface area contributed by atoms with Crippen LogP contribution in [0.4, 0.5) is 4.39 Å². The van der Waals surface area contributed by atoms with Crippen LogP contribution in [0.1, 0.15) is 6.92 Å². The number of hydrogen-bond donors (Lipinski definition) is 1. The Balaban J connectivity index is 1.69. The third-order valence-corrected chi connectivity index (χ3v) is 3.23. The van der Waals surface area contributed by atoms with Crippen molar-refractivity contribution in [2.75, 3.05) is 13.2 Å². The lowest BCUT2D eigenvalue weighted by atomic mass is 10.3. The summed E-state index contributed by atoms with van der Waals surface area (Å²) in [6, 6.07) is 12.5. The number of amides is 1. The van der Waals surface area contributed by atoms with Gasteiger partial charge in [0.15, 0.2) is 6.10 Å². The standard InChI is InChI=1S/C17H17ClFNO3/c1-12(23-16-8-4-14(19)5-9-16)17(21)20-10-11-22-15-6-2-13(18)3-7-15/h2-9,12H,10-11H2,1H3,(H,20,21). The molecule has 23 heavy (non-hydrogen) atoms. The summed E-state index contributed by atoms with van der Waals surface area (Å²) in [7, 11) is 0. The lowest BCUT2D eigenvalue weighted by Gasteiger charge is -2.15. The van der Waals surface area contributed by atoms with Gasteiger partial charge in [-0.1, -0.05) is 11.6 Å². The largest absolute Gasteiger partial charge is 0.492 e. The molecule has 0 aliphatic carbocycles. The van der Waals surface area contributed by atoms with E-state index in [1.165, 1.54) is 24.3 Å². The Hall–Kier alpha value is -2.27. The zero-order chi connectivity index (χ0) is 16.7. The summed E-state index contributed by atoms with van der Waals surface area (Å²) in [5.74, 6) is 0.494. The summed E-state index contributed by atoms with van der Waals surface area (Å²) >= 11 is 5.78. The highest BCUT2D eigenvalue weighted by molar-refractivity contribution is 6.30. The quantitative estimate of drug-likeness (QED) is 0.787. The van der Waals surface area contributed by atoms with E-state index in [9.17, 15) is 9.18 Å². The molecular weight excluding hydrogens is 321 g/mol. The summed E-state index contributed by atoms with van der Waals surface area (Å²) in [5, 5.41) is 3.34. The Morgan fingerprint density at radius 1 is 1.13 bits per heavy atom. The van der Waals surface area contributed by atoms with Crippen LogP contribution >= 0.6 is 11.6 Å². The average Bonchev–Trinajstić information content (AvgIpc) is 2.55. The number of rotatable bonds is 7. The molecular formula is C17H17ClFNO3. The molecule has 1 N–H and O–H groups in total. The summed E-state index contributed by atoms with van der Waals surface area (Å²) in [4.78, 5) is 11.9. The Bertz CT molecular complexity index is 631. The van der Waals surface area contributed by atoms with Crippen molar-refractivity contribution in [1.29, 1.82) is 0 Å². The van der Waals surface area contributed by atoms with Gasteiger partial charge >= 0.3 is 0 Å². The van der Waals surface area contributed by atoms with Crippen molar-refractivity contribution in [3.63, 3.8) is 0 Å². The minimum Gasteiger partial charge on any atom is -0.492 e. The van der Waals surface area contributed by atoms with Crippen LogP contribution in [-0.4, -0.2) is 25.2 Å². The fourth-order valence-corrected chi connectivity index (χ4v) is 1.91. The Morgan fingerprint density at radius 2 is 1.74 bits per heavy atom. The highest BCUT2D eigenvalue weighted by Crippen LogP contribution is 2.15. The molecule has 0 radical (unpaired) electrons. The summed E-state index contributed by atoms with van der Waals surface area (Å²) in [6.07, 6.45) is -0.684. The molecule has 0 bridgehead atoms. The maximum atomic E-state index is 12.8. The van der Waals surface area contributed by atoms with Crippen LogP contribution in [0.2, 0.25) is 5.02 Å². The molecule has 1 amide bonds. The second kappa shape index (κ2) is 8.39. The molecule has 0 fully saturated rings. The van der Waals surface area contributed by atoms with Crippen molar-refractivity contribution in [3.05, 3.63) is 59.4 Å². The second-order valence-electron chi connectivity index (χ2n) is 4.81. The first kappa shape index (κ1) is 17.1. The second-order valence-corrected chi connectivity index (χ2v) is 5.24. The van der Waals surface area contributed by atoms with Crippen LogP contribution in [-0.2, 0) is 4.79 Å². The normalized spacial score (nSPS) is 11.6. The monoisotopic (exact) mass is 337 g/mol. The van der Waals surface area contributed by atoms with E-state index in [0.717, 1.165) is 0 Å². The Kier molecular flexibility index (Phi) is 6.23. The Morgan fingerprint density at radius 3 is 2.39 bits per heavy atom. The van der Waals surface area contributed by atoms with Crippen molar-refractivity contribution >= 4 is 17.5 Å². The molecule has 0 aliphatic rings. The predicted molar refractivity (Wildman–Crippen MR) is 86.4 cm³/mol. The topological polar surface area (TPSA) is 47.6 Å². The number of carbonyl (C=O) groups is 1. The molecule has 0 aromatic heterocycles. The zero-order valence-electron chi connectivity index (χ0n) is 12.6. The molecule has 0 saturated carbocycles. The van der Waals surface area contributed by atoms with E-state index >= 15 is 0 Å². The number of nitrogens with one attached hydrogen (secondary N) is 1. The molecule has 0 aliphatic heterocycles. The van der Waals surface area contributed by atoms with E-state index < -0.39 is 6.10 Å². The van der Waals surface area contributed by atoms with Gasteiger partial charge in [-0.15, -0.1) is 0 Å². The predicted octanol–water partition coefficient (Wildman–Crippen LogP) is 3.44. The molecule has 6 heteroatoms. The smallest absolute Gasteiger partial charge is 0.260 e. The van der Waals surface area contributed by atoms with E-state index in [1.54, 1.807) is 31.2 Å². The van der Waals surface area contributed by atoms with Crippen molar-refractivity contribution in [2.24, 2.45) is 0 Å². The van der Waals surface area contributed by atoms with Crippen LogP contribution < -0.4 is 14.8 Å². The maximum Gasteiger partial charge on any atom is 0.260 e. The highest BCUT2D eigenvalue weighted by Gasteiger charge is 2.14. The third kappa shape index (κ3) is 5.79. The van der Waals surface area contributed by atoms with Gasteiger partial charge in [0.05, 0.1) is 6.54 Å². The molecule has 2 rings (SSSR count). The van der Waals surface area contributed by atoms with Gasteiger partial charge < -0.3 is 14.8 Å². The molecule has 1 atom stereocenters. The van der Waals surface area contributed by atoms with E-state index in [1.807, 2.05) is 0 Å². The number of ether oxygens (including phenoxy) is 2. The van der Waals surface area contributed by atoms with Crippen molar-refractivity contribution in [2.45, 2.75) is 13.0 Å². The van der Waals surface area contributed by atoms with Gasteiger partial charge in [0, 0.05) is 5.02 Å². The molecule has 0 spiro atoms. The average molecular weight is 338 g/mol. The third-order valence-electron chi connectivity index (χ3n) is 2.98.